The molecule has 0 saturated carbocycles. The van der Waals surface area contributed by atoms with Gasteiger partial charge < -0.3 is 10.2 Å². The topological polar surface area (TPSA) is 32.3 Å². The zero-order valence-corrected chi connectivity index (χ0v) is 10.6. The van der Waals surface area contributed by atoms with Crippen molar-refractivity contribution in [2.24, 2.45) is 11.8 Å². The van der Waals surface area contributed by atoms with Crippen LogP contribution in [0.25, 0.3) is 0 Å². The van der Waals surface area contributed by atoms with E-state index in [-0.39, 0.29) is 5.91 Å². The number of hydrogen-bond acceptors (Lipinski definition) is 2. The van der Waals surface area contributed by atoms with Gasteiger partial charge in [-0.3, -0.25) is 4.79 Å². The second-order valence-electron chi connectivity index (χ2n) is 5.72. The van der Waals surface area contributed by atoms with Crippen molar-refractivity contribution in [3.05, 3.63) is 0 Å². The van der Waals surface area contributed by atoms with Crippen LogP contribution in [0.4, 0.5) is 0 Å². The molecule has 1 aliphatic heterocycles. The van der Waals surface area contributed by atoms with Crippen LogP contribution in [0.5, 0.6) is 0 Å². The Morgan fingerprint density at radius 2 is 2.13 bits per heavy atom. The van der Waals surface area contributed by atoms with Crippen LogP contribution < -0.4 is 5.32 Å². The van der Waals surface area contributed by atoms with E-state index in [4.69, 9.17) is 0 Å². The fraction of sp³-hybridized carbons (Fsp3) is 0.917. The summed E-state index contributed by atoms with van der Waals surface area (Å²) in [5.41, 5.74) is -0.403. The molecule has 1 rings (SSSR count). The molecule has 0 aliphatic carbocycles. The van der Waals surface area contributed by atoms with E-state index in [1.807, 2.05) is 18.7 Å². The lowest BCUT2D eigenvalue weighted by Crippen LogP contribution is -2.52. The van der Waals surface area contributed by atoms with Gasteiger partial charge in [-0.1, -0.05) is 20.8 Å². The van der Waals surface area contributed by atoms with Gasteiger partial charge in [-0.2, -0.15) is 0 Å². The molecule has 88 valence electrons. The lowest BCUT2D eigenvalue weighted by molar-refractivity contribution is -0.136. The van der Waals surface area contributed by atoms with Crippen molar-refractivity contribution in [2.45, 2.75) is 40.2 Å². The van der Waals surface area contributed by atoms with Crippen LogP contribution in [0.15, 0.2) is 0 Å². The number of nitrogens with zero attached hydrogens (tertiary/aromatic N) is 1. The Kier molecular flexibility index (Phi) is 3.77. The summed E-state index contributed by atoms with van der Waals surface area (Å²) in [4.78, 5) is 14.2. The standard InChI is InChI=1S/C12H24N2O/c1-9(2)7-14-8-10(3)6-13-12(4,5)11(14)15/h9-10,13H,6-8H2,1-5H3. The molecular weight excluding hydrogens is 188 g/mol. The van der Waals surface area contributed by atoms with E-state index in [1.165, 1.54) is 0 Å². The summed E-state index contributed by atoms with van der Waals surface area (Å²) in [5, 5.41) is 3.33. The number of amides is 1. The average Bonchev–Trinajstić information content (AvgIpc) is 2.18. The lowest BCUT2D eigenvalue weighted by Gasteiger charge is -2.30. The van der Waals surface area contributed by atoms with Gasteiger partial charge in [0.15, 0.2) is 0 Å². The number of rotatable bonds is 2. The van der Waals surface area contributed by atoms with Gasteiger partial charge in [0.1, 0.15) is 0 Å². The molecule has 0 bridgehead atoms. The van der Waals surface area contributed by atoms with E-state index >= 15 is 0 Å². The van der Waals surface area contributed by atoms with Crippen molar-refractivity contribution in [3.8, 4) is 0 Å². The van der Waals surface area contributed by atoms with Crippen LogP contribution in [-0.4, -0.2) is 36.0 Å². The van der Waals surface area contributed by atoms with Crippen LogP contribution in [0.3, 0.4) is 0 Å². The molecule has 3 nitrogen and oxygen atoms in total. The Bertz CT molecular complexity index is 236. The van der Waals surface area contributed by atoms with Gasteiger partial charge in [0.05, 0.1) is 5.54 Å². The SMILES string of the molecule is CC(C)CN1CC(C)CNC(C)(C)C1=O. The summed E-state index contributed by atoms with van der Waals surface area (Å²) in [7, 11) is 0. The molecule has 0 aromatic rings. The molecule has 1 fully saturated rings. The fourth-order valence-electron chi connectivity index (χ4n) is 2.02. The molecule has 3 heteroatoms. The molecule has 1 atom stereocenters. The van der Waals surface area contributed by atoms with Crippen molar-refractivity contribution < 1.29 is 4.79 Å². The zero-order chi connectivity index (χ0) is 11.6. The second kappa shape index (κ2) is 4.52. The molecule has 0 radical (unpaired) electrons. The fourth-order valence-corrected chi connectivity index (χ4v) is 2.02. The number of carbonyl (C=O) groups excluding carboxylic acids is 1. The third kappa shape index (κ3) is 3.20. The number of nitrogens with one attached hydrogen (secondary N) is 1. The molecule has 1 N–H and O–H groups in total. The van der Waals surface area contributed by atoms with Crippen LogP contribution in [0, 0.1) is 11.8 Å². The smallest absolute Gasteiger partial charge is 0.242 e. The first kappa shape index (κ1) is 12.5. The minimum absolute atomic E-state index is 0.237. The van der Waals surface area contributed by atoms with Crippen molar-refractivity contribution in [1.29, 1.82) is 0 Å². The Morgan fingerprint density at radius 1 is 1.53 bits per heavy atom. The summed E-state index contributed by atoms with van der Waals surface area (Å²) in [5.74, 6) is 1.31. The largest absolute Gasteiger partial charge is 0.341 e. The molecule has 1 unspecified atom stereocenters. The van der Waals surface area contributed by atoms with Gasteiger partial charge >= 0.3 is 0 Å². The summed E-state index contributed by atoms with van der Waals surface area (Å²) < 4.78 is 0. The van der Waals surface area contributed by atoms with E-state index in [1.54, 1.807) is 0 Å². The van der Waals surface area contributed by atoms with Crippen molar-refractivity contribution in [2.75, 3.05) is 19.6 Å². The van der Waals surface area contributed by atoms with Crippen molar-refractivity contribution >= 4 is 5.91 Å². The van der Waals surface area contributed by atoms with Crippen LogP contribution in [-0.2, 0) is 4.79 Å². The molecule has 1 aliphatic rings. The van der Waals surface area contributed by atoms with Crippen molar-refractivity contribution in [1.82, 2.24) is 10.2 Å². The van der Waals surface area contributed by atoms with Gasteiger partial charge in [-0.15, -0.1) is 0 Å². The molecular formula is C12H24N2O. The van der Waals surface area contributed by atoms with Crippen molar-refractivity contribution in [3.63, 3.8) is 0 Å². The zero-order valence-electron chi connectivity index (χ0n) is 10.6. The summed E-state index contributed by atoms with van der Waals surface area (Å²) in [6, 6.07) is 0. The quantitative estimate of drug-likeness (QED) is 0.752. The highest BCUT2D eigenvalue weighted by Crippen LogP contribution is 2.16. The Labute approximate surface area is 93.2 Å². The molecule has 0 aromatic carbocycles. The molecule has 0 aromatic heterocycles. The maximum absolute atomic E-state index is 12.2. The van der Waals surface area contributed by atoms with E-state index < -0.39 is 5.54 Å². The lowest BCUT2D eigenvalue weighted by atomic mass is 10.0. The molecule has 1 amide bonds. The molecule has 0 spiro atoms. The van der Waals surface area contributed by atoms with E-state index in [0.717, 1.165) is 19.6 Å². The summed E-state index contributed by atoms with van der Waals surface area (Å²) in [6.07, 6.45) is 0. The molecule has 1 heterocycles. The number of hydrogen-bond donors (Lipinski definition) is 1. The van der Waals surface area contributed by atoms with Crippen LogP contribution in [0.1, 0.15) is 34.6 Å². The minimum Gasteiger partial charge on any atom is -0.341 e. The van der Waals surface area contributed by atoms with Crippen LogP contribution in [0.2, 0.25) is 0 Å². The predicted octanol–water partition coefficient (Wildman–Crippen LogP) is 1.49. The highest BCUT2D eigenvalue weighted by atomic mass is 16.2. The van der Waals surface area contributed by atoms with E-state index in [2.05, 4.69) is 26.1 Å². The number of carbonyl (C=O) groups is 1. The average molecular weight is 212 g/mol. The first-order chi connectivity index (χ1) is 6.83. The highest BCUT2D eigenvalue weighted by Gasteiger charge is 2.35. The maximum Gasteiger partial charge on any atom is 0.242 e. The highest BCUT2D eigenvalue weighted by molar-refractivity contribution is 5.85. The third-order valence-corrected chi connectivity index (χ3v) is 2.83. The van der Waals surface area contributed by atoms with Gasteiger partial charge in [0.2, 0.25) is 5.91 Å². The second-order valence-corrected chi connectivity index (χ2v) is 5.72. The Morgan fingerprint density at radius 3 is 2.67 bits per heavy atom. The van der Waals surface area contributed by atoms with E-state index in [9.17, 15) is 4.79 Å². The Balaban J connectivity index is 2.78. The predicted molar refractivity (Wildman–Crippen MR) is 62.7 cm³/mol. The molecule has 1 saturated heterocycles. The molecule has 15 heavy (non-hydrogen) atoms. The monoisotopic (exact) mass is 212 g/mol. The summed E-state index contributed by atoms with van der Waals surface area (Å²) >= 11 is 0. The van der Waals surface area contributed by atoms with E-state index in [0.29, 0.717) is 11.8 Å². The minimum atomic E-state index is -0.403. The maximum atomic E-state index is 12.2. The van der Waals surface area contributed by atoms with Gasteiger partial charge in [-0.05, 0) is 25.7 Å². The normalized spacial score (nSPS) is 26.9. The van der Waals surface area contributed by atoms with Gasteiger partial charge in [0.25, 0.3) is 0 Å². The van der Waals surface area contributed by atoms with Gasteiger partial charge in [-0.25, -0.2) is 0 Å². The first-order valence-corrected chi connectivity index (χ1v) is 5.87. The first-order valence-electron chi connectivity index (χ1n) is 5.87. The van der Waals surface area contributed by atoms with Gasteiger partial charge in [0, 0.05) is 19.6 Å². The third-order valence-electron chi connectivity index (χ3n) is 2.83. The summed E-state index contributed by atoms with van der Waals surface area (Å²) in [6.45, 7) is 13.1. The van der Waals surface area contributed by atoms with Crippen LogP contribution >= 0.6 is 0 Å². The Hall–Kier alpha value is -0.570.